The van der Waals surface area contributed by atoms with Gasteiger partial charge in [-0.05, 0) is 31.6 Å². The normalized spacial score (nSPS) is 33.4. The van der Waals surface area contributed by atoms with Gasteiger partial charge in [0.1, 0.15) is 6.04 Å². The molecule has 0 spiro atoms. The molecule has 0 aromatic carbocycles. The lowest BCUT2D eigenvalue weighted by atomic mass is 9.85. The first-order valence-electron chi connectivity index (χ1n) is 8.06. The topological polar surface area (TPSA) is 70.1 Å². The molecule has 118 valence electrons. The number of hydrogen-bond donors (Lipinski definition) is 1. The molecule has 0 aromatic rings. The molecule has 1 aliphatic carbocycles. The lowest BCUT2D eigenvalue weighted by molar-refractivity contribution is -0.141. The van der Waals surface area contributed by atoms with Crippen LogP contribution in [0.4, 0.5) is 4.79 Å². The summed E-state index contributed by atoms with van der Waals surface area (Å²) in [5.74, 6) is -0.490. The number of amides is 2. The summed E-state index contributed by atoms with van der Waals surface area (Å²) in [6.07, 6.45) is 5.71. The fraction of sp³-hybridized carbons (Fsp3) is 0.867. The van der Waals surface area contributed by atoms with Crippen molar-refractivity contribution in [1.29, 1.82) is 0 Å². The Hall–Kier alpha value is -1.30. The number of carboxylic acid groups (broad SMARTS) is 1. The van der Waals surface area contributed by atoms with E-state index in [1.54, 1.807) is 9.80 Å². The van der Waals surface area contributed by atoms with E-state index in [1.165, 1.54) is 0 Å². The Morgan fingerprint density at radius 1 is 1.05 bits per heavy atom. The zero-order chi connectivity index (χ0) is 14.8. The summed E-state index contributed by atoms with van der Waals surface area (Å²) in [4.78, 5) is 27.9. The average Bonchev–Trinajstić information content (AvgIpc) is 2.67. The minimum absolute atomic E-state index is 0.0951. The first-order chi connectivity index (χ1) is 10.2. The molecule has 2 saturated heterocycles. The largest absolute Gasteiger partial charge is 0.480 e. The van der Waals surface area contributed by atoms with E-state index >= 15 is 0 Å². The number of carbonyl (C=O) groups excluding carboxylic acids is 1. The van der Waals surface area contributed by atoms with Gasteiger partial charge in [0.05, 0.1) is 6.61 Å². The van der Waals surface area contributed by atoms with E-state index in [9.17, 15) is 14.7 Å². The second-order valence-electron chi connectivity index (χ2n) is 6.34. The van der Waals surface area contributed by atoms with Crippen molar-refractivity contribution in [3.63, 3.8) is 0 Å². The van der Waals surface area contributed by atoms with Crippen molar-refractivity contribution in [3.8, 4) is 0 Å². The zero-order valence-corrected chi connectivity index (χ0v) is 12.4. The second kappa shape index (κ2) is 6.22. The molecule has 1 N–H and O–H groups in total. The molecule has 3 unspecified atom stereocenters. The molecular weight excluding hydrogens is 272 g/mol. The molecule has 6 nitrogen and oxygen atoms in total. The van der Waals surface area contributed by atoms with E-state index in [0.717, 1.165) is 32.1 Å². The van der Waals surface area contributed by atoms with Crippen LogP contribution in [0.2, 0.25) is 0 Å². The summed E-state index contributed by atoms with van der Waals surface area (Å²) in [5, 5.41) is 9.50. The predicted molar refractivity (Wildman–Crippen MR) is 76.0 cm³/mol. The van der Waals surface area contributed by atoms with E-state index in [1.807, 2.05) is 0 Å². The van der Waals surface area contributed by atoms with Gasteiger partial charge in [-0.3, -0.25) is 0 Å². The second-order valence-corrected chi connectivity index (χ2v) is 6.34. The Morgan fingerprint density at radius 2 is 1.86 bits per heavy atom. The zero-order valence-electron chi connectivity index (χ0n) is 12.4. The van der Waals surface area contributed by atoms with Crippen LogP contribution in [0.1, 0.15) is 38.5 Å². The molecule has 0 radical (unpaired) electrons. The Kier molecular flexibility index (Phi) is 4.33. The molecule has 2 heterocycles. The van der Waals surface area contributed by atoms with Crippen molar-refractivity contribution in [3.05, 3.63) is 0 Å². The summed E-state index contributed by atoms with van der Waals surface area (Å²) in [5.41, 5.74) is 0. The summed E-state index contributed by atoms with van der Waals surface area (Å²) in [7, 11) is 0. The van der Waals surface area contributed by atoms with E-state index in [2.05, 4.69) is 0 Å². The Balaban J connectivity index is 1.78. The van der Waals surface area contributed by atoms with E-state index in [0.29, 0.717) is 38.6 Å². The SMILES string of the molecule is O=C(O)C1CC2CCCCC2N1C(=O)N1CCCOCC1. The van der Waals surface area contributed by atoms with Crippen molar-refractivity contribution in [2.45, 2.75) is 50.6 Å². The maximum Gasteiger partial charge on any atom is 0.326 e. The fourth-order valence-electron chi connectivity index (χ4n) is 4.06. The van der Waals surface area contributed by atoms with Gasteiger partial charge in [-0.15, -0.1) is 0 Å². The number of rotatable bonds is 1. The number of fused-ring (bicyclic) bond motifs is 1. The molecule has 3 aliphatic rings. The van der Waals surface area contributed by atoms with Crippen molar-refractivity contribution >= 4 is 12.0 Å². The lowest BCUT2D eigenvalue weighted by Gasteiger charge is -2.36. The molecular formula is C15H24N2O4. The molecule has 0 bridgehead atoms. The van der Waals surface area contributed by atoms with Gasteiger partial charge in [0.15, 0.2) is 0 Å². The number of carboxylic acids is 1. The summed E-state index contributed by atoms with van der Waals surface area (Å²) in [6.45, 7) is 2.46. The van der Waals surface area contributed by atoms with Crippen LogP contribution in [0.15, 0.2) is 0 Å². The minimum Gasteiger partial charge on any atom is -0.480 e. The van der Waals surface area contributed by atoms with Gasteiger partial charge in [-0.2, -0.15) is 0 Å². The standard InChI is InChI=1S/C15H24N2O4/c18-14(19)13-10-11-4-1-2-5-12(11)17(13)15(20)16-6-3-8-21-9-7-16/h11-13H,1-10H2,(H,18,19). The van der Waals surface area contributed by atoms with E-state index < -0.39 is 12.0 Å². The number of aliphatic carboxylic acids is 1. The monoisotopic (exact) mass is 296 g/mol. The minimum atomic E-state index is -0.858. The third kappa shape index (κ3) is 2.86. The van der Waals surface area contributed by atoms with Crippen LogP contribution >= 0.6 is 0 Å². The maximum absolute atomic E-state index is 12.9. The molecule has 0 aromatic heterocycles. The fourth-order valence-corrected chi connectivity index (χ4v) is 4.06. The van der Waals surface area contributed by atoms with Gasteiger partial charge in [0, 0.05) is 25.7 Å². The van der Waals surface area contributed by atoms with Crippen molar-refractivity contribution in [2.24, 2.45) is 5.92 Å². The third-order valence-electron chi connectivity index (χ3n) is 5.09. The van der Waals surface area contributed by atoms with Crippen molar-refractivity contribution in [2.75, 3.05) is 26.3 Å². The third-order valence-corrected chi connectivity index (χ3v) is 5.09. The highest BCUT2D eigenvalue weighted by Gasteiger charge is 2.48. The van der Waals surface area contributed by atoms with Crippen LogP contribution in [-0.2, 0) is 9.53 Å². The highest BCUT2D eigenvalue weighted by atomic mass is 16.5. The van der Waals surface area contributed by atoms with Gasteiger partial charge >= 0.3 is 12.0 Å². The van der Waals surface area contributed by atoms with Gasteiger partial charge < -0.3 is 19.6 Å². The first-order valence-corrected chi connectivity index (χ1v) is 8.06. The van der Waals surface area contributed by atoms with Gasteiger partial charge in [0.2, 0.25) is 0 Å². The molecule has 2 aliphatic heterocycles. The van der Waals surface area contributed by atoms with Gasteiger partial charge in [0.25, 0.3) is 0 Å². The number of carbonyl (C=O) groups is 2. The van der Waals surface area contributed by atoms with Crippen LogP contribution < -0.4 is 0 Å². The number of ether oxygens (including phenoxy) is 1. The van der Waals surface area contributed by atoms with Gasteiger partial charge in [-0.25, -0.2) is 9.59 Å². The quantitative estimate of drug-likeness (QED) is 0.797. The Morgan fingerprint density at radius 3 is 2.67 bits per heavy atom. The maximum atomic E-state index is 12.9. The molecule has 21 heavy (non-hydrogen) atoms. The molecule has 2 amide bonds. The molecule has 3 rings (SSSR count). The van der Waals surface area contributed by atoms with Crippen LogP contribution in [0.5, 0.6) is 0 Å². The predicted octanol–water partition coefficient (Wildman–Crippen LogP) is 1.55. The van der Waals surface area contributed by atoms with E-state index in [-0.39, 0.29) is 12.1 Å². The molecule has 6 heteroatoms. The van der Waals surface area contributed by atoms with Crippen molar-refractivity contribution < 1.29 is 19.4 Å². The average molecular weight is 296 g/mol. The Labute approximate surface area is 125 Å². The smallest absolute Gasteiger partial charge is 0.326 e. The number of hydrogen-bond acceptors (Lipinski definition) is 3. The highest BCUT2D eigenvalue weighted by Crippen LogP contribution is 2.40. The van der Waals surface area contributed by atoms with Crippen LogP contribution in [0, 0.1) is 5.92 Å². The Bertz CT molecular complexity index is 406. The van der Waals surface area contributed by atoms with Crippen LogP contribution in [0.25, 0.3) is 0 Å². The summed E-state index contributed by atoms with van der Waals surface area (Å²) >= 11 is 0. The number of likely N-dealkylation sites (tertiary alicyclic amines) is 1. The summed E-state index contributed by atoms with van der Waals surface area (Å²) < 4.78 is 5.39. The first kappa shape index (κ1) is 14.6. The summed E-state index contributed by atoms with van der Waals surface area (Å²) in [6, 6.07) is -0.617. The number of nitrogens with zero attached hydrogens (tertiary/aromatic N) is 2. The van der Waals surface area contributed by atoms with E-state index in [4.69, 9.17) is 4.74 Å². The molecule has 3 atom stereocenters. The van der Waals surface area contributed by atoms with Crippen molar-refractivity contribution in [1.82, 2.24) is 9.80 Å². The lowest BCUT2D eigenvalue weighted by Crippen LogP contribution is -2.52. The van der Waals surface area contributed by atoms with Crippen LogP contribution in [0.3, 0.4) is 0 Å². The number of urea groups is 1. The molecule has 3 fully saturated rings. The van der Waals surface area contributed by atoms with Gasteiger partial charge in [-0.1, -0.05) is 12.8 Å². The molecule has 1 saturated carbocycles. The highest BCUT2D eigenvalue weighted by molar-refractivity contribution is 5.84. The van der Waals surface area contributed by atoms with Crippen LogP contribution in [-0.4, -0.2) is 65.3 Å².